The van der Waals surface area contributed by atoms with E-state index in [1.54, 1.807) is 12.1 Å². The summed E-state index contributed by atoms with van der Waals surface area (Å²) < 4.78 is 97.0. The first kappa shape index (κ1) is 26.9. The second kappa shape index (κ2) is 11.5. The Hall–Kier alpha value is -3.16. The fourth-order valence-corrected chi connectivity index (χ4v) is 4.83. The van der Waals surface area contributed by atoms with Gasteiger partial charge in [-0.3, -0.25) is 0 Å². The average molecular weight is 523 g/mol. The zero-order chi connectivity index (χ0) is 26.7. The predicted octanol–water partition coefficient (Wildman–Crippen LogP) is 8.64. The third kappa shape index (κ3) is 5.58. The molecule has 0 aliphatic heterocycles. The van der Waals surface area contributed by atoms with Crippen molar-refractivity contribution in [1.29, 1.82) is 0 Å². The minimum atomic E-state index is -1.27. The van der Waals surface area contributed by atoms with E-state index in [1.165, 1.54) is 31.2 Å². The van der Waals surface area contributed by atoms with Gasteiger partial charge >= 0.3 is 0 Å². The maximum atomic E-state index is 15.0. The Bertz CT molecular complexity index is 1270. The summed E-state index contributed by atoms with van der Waals surface area (Å²) >= 11 is 0. The first-order valence-corrected chi connectivity index (χ1v) is 12.4. The minimum Gasteiger partial charge on any atom is -0.490 e. The van der Waals surface area contributed by atoms with Gasteiger partial charge < -0.3 is 9.47 Å². The lowest BCUT2D eigenvalue weighted by Crippen LogP contribution is -2.16. The van der Waals surface area contributed by atoms with E-state index in [0.29, 0.717) is 37.7 Å². The number of hydrogen-bond acceptors (Lipinski definition) is 2. The van der Waals surface area contributed by atoms with Gasteiger partial charge in [0.1, 0.15) is 6.61 Å². The quantitative estimate of drug-likeness (QED) is 0.276. The maximum Gasteiger partial charge on any atom is 0.204 e. The molecule has 0 unspecified atom stereocenters. The van der Waals surface area contributed by atoms with Gasteiger partial charge in [0, 0.05) is 5.56 Å². The molecule has 1 aliphatic rings. The van der Waals surface area contributed by atoms with Crippen molar-refractivity contribution in [2.24, 2.45) is 0 Å². The van der Waals surface area contributed by atoms with Gasteiger partial charge in [-0.25, -0.2) is 17.6 Å². The highest BCUT2D eigenvalue weighted by atomic mass is 19.2. The van der Waals surface area contributed by atoms with Gasteiger partial charge in [-0.05, 0) is 79.7 Å². The molecule has 0 aromatic heterocycles. The summed E-state index contributed by atoms with van der Waals surface area (Å²) in [5.74, 6) is -7.48. The van der Waals surface area contributed by atoms with E-state index < -0.39 is 47.3 Å². The Labute approximate surface area is 212 Å². The van der Waals surface area contributed by atoms with E-state index in [2.05, 4.69) is 0 Å². The number of hydrogen-bond donors (Lipinski definition) is 0. The summed E-state index contributed by atoms with van der Waals surface area (Å²) in [7, 11) is 0. The number of rotatable bonds is 8. The Morgan fingerprint density at radius 1 is 0.622 bits per heavy atom. The van der Waals surface area contributed by atoms with E-state index in [0.717, 1.165) is 0 Å². The van der Waals surface area contributed by atoms with Gasteiger partial charge in [-0.1, -0.05) is 31.2 Å². The van der Waals surface area contributed by atoms with Crippen LogP contribution in [0.5, 0.6) is 11.5 Å². The van der Waals surface area contributed by atoms with Crippen molar-refractivity contribution in [2.45, 2.75) is 64.4 Å². The normalized spacial score (nSPS) is 17.6. The number of benzene rings is 3. The first-order valence-electron chi connectivity index (χ1n) is 12.4. The van der Waals surface area contributed by atoms with Crippen molar-refractivity contribution in [3.8, 4) is 11.5 Å². The van der Waals surface area contributed by atoms with Crippen molar-refractivity contribution in [2.75, 3.05) is 6.61 Å². The fourth-order valence-electron chi connectivity index (χ4n) is 4.83. The van der Waals surface area contributed by atoms with Crippen LogP contribution in [0, 0.1) is 41.8 Å². The third-order valence-electron chi connectivity index (χ3n) is 6.96. The molecule has 0 spiro atoms. The van der Waals surface area contributed by atoms with Gasteiger partial charge in [0.15, 0.2) is 34.8 Å². The molecule has 3 aromatic rings. The van der Waals surface area contributed by atoms with Crippen LogP contribution in [0.4, 0.5) is 26.3 Å². The number of aryl methyl sites for hydroxylation is 1. The highest BCUT2D eigenvalue weighted by Gasteiger charge is 2.29. The maximum absolute atomic E-state index is 15.0. The van der Waals surface area contributed by atoms with Gasteiger partial charge in [0.2, 0.25) is 11.6 Å². The minimum absolute atomic E-state index is 0.141. The monoisotopic (exact) mass is 522 g/mol. The molecule has 1 aliphatic carbocycles. The largest absolute Gasteiger partial charge is 0.490 e. The SMILES string of the molecule is CCCOc1ccc(OCc2ccc(C3CCC(c4ccc(C)c(F)c4F)CC3)c(F)c2F)c(F)c1F. The lowest BCUT2D eigenvalue weighted by atomic mass is 9.75. The molecule has 0 heterocycles. The second-order valence-electron chi connectivity index (χ2n) is 9.42. The third-order valence-corrected chi connectivity index (χ3v) is 6.96. The summed E-state index contributed by atoms with van der Waals surface area (Å²) in [4.78, 5) is 0. The second-order valence-corrected chi connectivity index (χ2v) is 9.42. The molecule has 0 N–H and O–H groups in total. The van der Waals surface area contributed by atoms with Crippen molar-refractivity contribution in [3.05, 3.63) is 93.6 Å². The molecule has 8 heteroatoms. The molecule has 2 nitrogen and oxygen atoms in total. The Kier molecular flexibility index (Phi) is 8.35. The topological polar surface area (TPSA) is 18.5 Å². The smallest absolute Gasteiger partial charge is 0.204 e. The van der Waals surface area contributed by atoms with Gasteiger partial charge in [-0.2, -0.15) is 8.78 Å². The molecule has 0 saturated heterocycles. The lowest BCUT2D eigenvalue weighted by molar-refractivity contribution is 0.265. The van der Waals surface area contributed by atoms with Crippen LogP contribution >= 0.6 is 0 Å². The van der Waals surface area contributed by atoms with Crippen LogP contribution in [0.15, 0.2) is 36.4 Å². The molecule has 0 radical (unpaired) electrons. The highest BCUT2D eigenvalue weighted by Crippen LogP contribution is 2.42. The molecule has 0 amide bonds. The summed E-state index contributed by atoms with van der Waals surface area (Å²) in [5.41, 5.74) is 0.611. The Morgan fingerprint density at radius 2 is 1.14 bits per heavy atom. The summed E-state index contributed by atoms with van der Waals surface area (Å²) in [6, 6.07) is 8.36. The predicted molar refractivity (Wildman–Crippen MR) is 128 cm³/mol. The van der Waals surface area contributed by atoms with Crippen LogP contribution in [0.25, 0.3) is 0 Å². The van der Waals surface area contributed by atoms with Crippen LogP contribution in [-0.4, -0.2) is 6.61 Å². The van der Waals surface area contributed by atoms with Crippen LogP contribution < -0.4 is 9.47 Å². The highest BCUT2D eigenvalue weighted by molar-refractivity contribution is 5.36. The van der Waals surface area contributed by atoms with E-state index >= 15 is 0 Å². The molecule has 0 atom stereocenters. The fraction of sp³-hybridized carbons (Fsp3) is 0.379. The van der Waals surface area contributed by atoms with Gasteiger partial charge in [0.25, 0.3) is 0 Å². The van der Waals surface area contributed by atoms with Crippen molar-refractivity contribution in [1.82, 2.24) is 0 Å². The van der Waals surface area contributed by atoms with Crippen molar-refractivity contribution in [3.63, 3.8) is 0 Å². The van der Waals surface area contributed by atoms with Crippen LogP contribution in [0.2, 0.25) is 0 Å². The summed E-state index contributed by atoms with van der Waals surface area (Å²) in [5, 5.41) is 0. The van der Waals surface area contributed by atoms with Gasteiger partial charge in [-0.15, -0.1) is 0 Å². The molecule has 0 bridgehead atoms. The Morgan fingerprint density at radius 3 is 1.70 bits per heavy atom. The average Bonchev–Trinajstić information content (AvgIpc) is 2.90. The molecular formula is C29H28F6O2. The first-order chi connectivity index (χ1) is 17.7. The standard InChI is InChI=1S/C29H28F6O2/c1-3-14-36-22-12-13-23(29(35)28(22)34)37-15-19-9-11-21(27(33)25(19)31)18-7-5-17(6-8-18)20-10-4-16(2)24(30)26(20)32/h4,9-13,17-18H,3,5-8,14-15H2,1-2H3. The molecule has 3 aromatic carbocycles. The van der Waals surface area contributed by atoms with E-state index in [1.807, 2.05) is 6.92 Å². The molecule has 4 rings (SSSR count). The van der Waals surface area contributed by atoms with Crippen LogP contribution in [0.1, 0.15) is 73.1 Å². The number of halogens is 6. The van der Waals surface area contributed by atoms with Crippen LogP contribution in [-0.2, 0) is 6.61 Å². The molecule has 198 valence electrons. The van der Waals surface area contributed by atoms with Crippen LogP contribution in [0.3, 0.4) is 0 Å². The van der Waals surface area contributed by atoms with Gasteiger partial charge in [0.05, 0.1) is 6.61 Å². The summed E-state index contributed by atoms with van der Waals surface area (Å²) in [6.45, 7) is 3.04. The lowest BCUT2D eigenvalue weighted by Gasteiger charge is -2.30. The van der Waals surface area contributed by atoms with E-state index in [9.17, 15) is 26.3 Å². The Balaban J connectivity index is 1.42. The zero-order valence-corrected chi connectivity index (χ0v) is 20.7. The zero-order valence-electron chi connectivity index (χ0n) is 20.7. The molecule has 1 fully saturated rings. The van der Waals surface area contributed by atoms with Crippen molar-refractivity contribution >= 4 is 0 Å². The van der Waals surface area contributed by atoms with E-state index in [-0.39, 0.29) is 40.9 Å². The van der Waals surface area contributed by atoms with Crippen molar-refractivity contribution < 1.29 is 35.8 Å². The summed E-state index contributed by atoms with van der Waals surface area (Å²) in [6.07, 6.45) is 2.62. The molecule has 37 heavy (non-hydrogen) atoms. The number of ether oxygens (including phenoxy) is 2. The molecule has 1 saturated carbocycles. The van der Waals surface area contributed by atoms with E-state index in [4.69, 9.17) is 9.47 Å². The molecular weight excluding hydrogens is 494 g/mol.